The van der Waals surface area contributed by atoms with Crippen LogP contribution in [0.4, 0.5) is 4.39 Å². The summed E-state index contributed by atoms with van der Waals surface area (Å²) in [6, 6.07) is 2.29. The Hall–Kier alpha value is -2.84. The zero-order valence-corrected chi connectivity index (χ0v) is 23.6. The Balaban J connectivity index is 1.44. The lowest BCUT2D eigenvalue weighted by atomic mass is 9.83. The molecule has 0 aromatic heterocycles. The van der Waals surface area contributed by atoms with E-state index >= 15 is 0 Å². The van der Waals surface area contributed by atoms with E-state index in [0.717, 1.165) is 25.7 Å². The quantitative estimate of drug-likeness (QED) is 0.392. The van der Waals surface area contributed by atoms with Crippen LogP contribution in [0.25, 0.3) is 0 Å². The minimum atomic E-state index is -0.613. The largest absolute Gasteiger partial charge is 0.496 e. The maximum absolute atomic E-state index is 15.0. The summed E-state index contributed by atoms with van der Waals surface area (Å²) in [5.74, 6) is -0.649. The van der Waals surface area contributed by atoms with Gasteiger partial charge in [0.05, 0.1) is 37.2 Å². The average Bonchev–Trinajstić information content (AvgIpc) is 3.55. The smallest absolute Gasteiger partial charge is 0.308 e. The second kappa shape index (κ2) is 13.0. The highest BCUT2D eigenvalue weighted by molar-refractivity contribution is 5.98. The van der Waals surface area contributed by atoms with Crippen molar-refractivity contribution in [2.24, 2.45) is 29.6 Å². The van der Waals surface area contributed by atoms with Crippen molar-refractivity contribution in [2.45, 2.75) is 84.3 Å². The van der Waals surface area contributed by atoms with Crippen molar-refractivity contribution in [3.63, 3.8) is 0 Å². The first-order valence-electron chi connectivity index (χ1n) is 14.5. The van der Waals surface area contributed by atoms with Crippen LogP contribution in [-0.2, 0) is 14.3 Å². The predicted molar refractivity (Wildman–Crippen MR) is 144 cm³/mol. The van der Waals surface area contributed by atoms with Crippen LogP contribution in [0.2, 0.25) is 0 Å². The number of fused-ring (bicyclic) bond motifs is 2. The van der Waals surface area contributed by atoms with Crippen molar-refractivity contribution in [3.05, 3.63) is 23.5 Å². The minimum Gasteiger partial charge on any atom is -0.496 e. The average molecular weight is 547 g/mol. The molecule has 39 heavy (non-hydrogen) atoms. The Morgan fingerprint density at radius 3 is 2.41 bits per heavy atom. The first-order valence-corrected chi connectivity index (χ1v) is 14.5. The molecule has 0 unspecified atom stereocenters. The molecular weight excluding hydrogens is 503 g/mol. The monoisotopic (exact) mass is 546 g/mol. The van der Waals surface area contributed by atoms with E-state index in [0.29, 0.717) is 44.8 Å². The molecule has 1 aromatic rings. The molecule has 8 nitrogen and oxygen atoms in total. The van der Waals surface area contributed by atoms with E-state index in [4.69, 9.17) is 14.2 Å². The molecule has 216 valence electrons. The van der Waals surface area contributed by atoms with E-state index in [1.165, 1.54) is 19.2 Å². The fourth-order valence-electron chi connectivity index (χ4n) is 6.47. The van der Waals surface area contributed by atoms with Gasteiger partial charge in [-0.05, 0) is 75.7 Å². The van der Waals surface area contributed by atoms with Crippen molar-refractivity contribution >= 4 is 17.8 Å². The summed E-state index contributed by atoms with van der Waals surface area (Å²) in [4.78, 5) is 38.7. The van der Waals surface area contributed by atoms with Gasteiger partial charge in [-0.3, -0.25) is 14.4 Å². The van der Waals surface area contributed by atoms with Gasteiger partial charge in [0.25, 0.3) is 5.91 Å². The molecule has 0 saturated heterocycles. The molecule has 2 amide bonds. The number of ether oxygens (including phenoxy) is 3. The van der Waals surface area contributed by atoms with Crippen LogP contribution in [0, 0.1) is 35.4 Å². The normalized spacial score (nSPS) is 28.4. The Morgan fingerprint density at radius 1 is 1.03 bits per heavy atom. The van der Waals surface area contributed by atoms with E-state index < -0.39 is 11.7 Å². The molecule has 3 aliphatic rings. The van der Waals surface area contributed by atoms with Gasteiger partial charge in [-0.2, -0.15) is 0 Å². The lowest BCUT2D eigenvalue weighted by Gasteiger charge is -2.31. The molecule has 0 aliphatic heterocycles. The van der Waals surface area contributed by atoms with Crippen LogP contribution in [0.5, 0.6) is 11.5 Å². The molecule has 3 aliphatic carbocycles. The number of methoxy groups -OCH3 is 1. The van der Waals surface area contributed by atoms with Gasteiger partial charge in [-0.25, -0.2) is 4.39 Å². The molecule has 2 N–H and O–H groups in total. The molecule has 3 fully saturated rings. The predicted octanol–water partition coefficient (Wildman–Crippen LogP) is 4.64. The Kier molecular flexibility index (Phi) is 9.72. The Morgan fingerprint density at radius 2 is 1.74 bits per heavy atom. The molecule has 2 bridgehead atoms. The summed E-state index contributed by atoms with van der Waals surface area (Å²) in [5, 5.41) is 6.20. The lowest BCUT2D eigenvalue weighted by Crippen LogP contribution is -2.50. The van der Waals surface area contributed by atoms with E-state index in [9.17, 15) is 18.8 Å². The number of carbonyl (C=O) groups excluding carboxylic acids is 3. The zero-order chi connectivity index (χ0) is 28.1. The molecule has 0 heterocycles. The SMILES string of the molecule is CCOC(=O)[C@H]1CC[C@@H](Oc2cc(C(=O)N[C@@H]3[C@H]4CC[C@H](C4)[C@@H]3C(=O)NC[C@H](C)CC)c(OC)cc2F)CC1. The maximum atomic E-state index is 15.0. The van der Waals surface area contributed by atoms with Crippen LogP contribution < -0.4 is 20.1 Å². The number of carbonyl (C=O) groups is 3. The summed E-state index contributed by atoms with van der Waals surface area (Å²) >= 11 is 0. The summed E-state index contributed by atoms with van der Waals surface area (Å²) in [6.07, 6.45) is 6.03. The van der Waals surface area contributed by atoms with Gasteiger partial charge in [0.1, 0.15) is 5.75 Å². The van der Waals surface area contributed by atoms with E-state index in [1.807, 2.05) is 0 Å². The second-order valence-corrected chi connectivity index (χ2v) is 11.4. The number of rotatable bonds is 11. The number of halogens is 1. The van der Waals surface area contributed by atoms with Gasteiger partial charge >= 0.3 is 5.97 Å². The number of amides is 2. The molecular formula is C30H43FN2O6. The fraction of sp³-hybridized carbons (Fsp3) is 0.700. The second-order valence-electron chi connectivity index (χ2n) is 11.4. The van der Waals surface area contributed by atoms with Crippen LogP contribution in [-0.4, -0.2) is 50.2 Å². The van der Waals surface area contributed by atoms with Crippen LogP contribution in [0.3, 0.4) is 0 Å². The highest BCUT2D eigenvalue weighted by Crippen LogP contribution is 2.49. The van der Waals surface area contributed by atoms with Crippen LogP contribution in [0.15, 0.2) is 12.1 Å². The maximum Gasteiger partial charge on any atom is 0.308 e. The zero-order valence-electron chi connectivity index (χ0n) is 23.6. The first kappa shape index (κ1) is 29.2. The summed E-state index contributed by atoms with van der Waals surface area (Å²) in [6.45, 7) is 6.96. The van der Waals surface area contributed by atoms with Gasteiger partial charge in [-0.1, -0.05) is 20.3 Å². The lowest BCUT2D eigenvalue weighted by molar-refractivity contribution is -0.149. The number of esters is 1. The van der Waals surface area contributed by atoms with E-state index in [1.54, 1.807) is 6.92 Å². The van der Waals surface area contributed by atoms with Gasteiger partial charge < -0.3 is 24.8 Å². The number of hydrogen-bond donors (Lipinski definition) is 2. The molecule has 9 heteroatoms. The van der Waals surface area contributed by atoms with E-state index in [2.05, 4.69) is 24.5 Å². The van der Waals surface area contributed by atoms with Crippen LogP contribution in [0.1, 0.15) is 82.5 Å². The molecule has 4 rings (SSSR count). The van der Waals surface area contributed by atoms with Crippen molar-refractivity contribution in [3.8, 4) is 11.5 Å². The number of benzene rings is 1. The molecule has 3 saturated carbocycles. The fourth-order valence-corrected chi connectivity index (χ4v) is 6.47. The summed E-state index contributed by atoms with van der Waals surface area (Å²) in [7, 11) is 1.39. The van der Waals surface area contributed by atoms with Gasteiger partial charge in [0, 0.05) is 18.7 Å². The number of nitrogens with one attached hydrogen (secondary N) is 2. The highest BCUT2D eigenvalue weighted by Gasteiger charge is 2.51. The van der Waals surface area contributed by atoms with Crippen molar-refractivity contribution in [2.75, 3.05) is 20.3 Å². The summed E-state index contributed by atoms with van der Waals surface area (Å²) in [5.41, 5.74) is 0.177. The Labute approximate surface area is 230 Å². The number of hydrogen-bond acceptors (Lipinski definition) is 6. The molecule has 0 spiro atoms. The third kappa shape index (κ3) is 6.67. The highest BCUT2D eigenvalue weighted by atomic mass is 19.1. The topological polar surface area (TPSA) is 103 Å². The van der Waals surface area contributed by atoms with Crippen LogP contribution >= 0.6 is 0 Å². The third-order valence-corrected chi connectivity index (χ3v) is 8.92. The van der Waals surface area contributed by atoms with E-state index in [-0.39, 0.29) is 64.8 Å². The van der Waals surface area contributed by atoms with Gasteiger partial charge in [0.2, 0.25) is 5.91 Å². The van der Waals surface area contributed by atoms with Gasteiger partial charge in [-0.15, -0.1) is 0 Å². The van der Waals surface area contributed by atoms with Crippen molar-refractivity contribution in [1.82, 2.24) is 10.6 Å². The third-order valence-electron chi connectivity index (χ3n) is 8.92. The van der Waals surface area contributed by atoms with Crippen molar-refractivity contribution < 1.29 is 33.0 Å². The minimum absolute atomic E-state index is 0.00122. The summed E-state index contributed by atoms with van der Waals surface area (Å²) < 4.78 is 31.4. The molecule has 5 atom stereocenters. The van der Waals surface area contributed by atoms with Crippen molar-refractivity contribution in [1.29, 1.82) is 0 Å². The van der Waals surface area contributed by atoms with Gasteiger partial charge in [0.15, 0.2) is 11.6 Å². The molecule has 0 radical (unpaired) electrons. The first-order chi connectivity index (χ1) is 18.7. The molecule has 1 aromatic carbocycles. The Bertz CT molecular complexity index is 1040. The standard InChI is InChI=1S/C30H43FN2O6/c1-5-17(3)16-32-29(35)26-19-7-8-20(13-19)27(26)33-28(34)22-14-25(23(31)15-24(22)37-4)39-21-11-9-18(10-12-21)30(36)38-6-2/h14-15,17-21,26-27H,5-13,16H2,1-4H3,(H,32,35)(H,33,34)/t17-,18-,19-,20+,21+,26+,27-/m1/s1.